The minimum Gasteiger partial charge on any atom is -0.724 e. The Morgan fingerprint density at radius 3 is 2.77 bits per heavy atom. The number of urea groups is 1. The van der Waals surface area contributed by atoms with E-state index in [1.54, 1.807) is 10.1 Å². The fourth-order valence-electron chi connectivity index (χ4n) is 3.43. The van der Waals surface area contributed by atoms with Crippen molar-refractivity contribution in [1.29, 1.82) is 0 Å². The first kappa shape index (κ1) is 24.7. The van der Waals surface area contributed by atoms with Crippen molar-refractivity contribution in [3.63, 3.8) is 0 Å². The van der Waals surface area contributed by atoms with Crippen molar-refractivity contribution in [2.24, 2.45) is 0 Å². The molecule has 1 saturated heterocycles. The van der Waals surface area contributed by atoms with E-state index in [2.05, 4.69) is 39.1 Å². The van der Waals surface area contributed by atoms with Crippen LogP contribution in [0.1, 0.15) is 28.5 Å². The first-order valence-electron chi connectivity index (χ1n) is 9.19. The zero-order valence-electron chi connectivity index (χ0n) is 17.6. The van der Waals surface area contributed by atoms with Gasteiger partial charge in [0.15, 0.2) is 5.82 Å². The van der Waals surface area contributed by atoms with Crippen LogP contribution in [0.15, 0.2) is 11.8 Å². The molecule has 0 spiro atoms. The largest absolute Gasteiger partial charge is 1.00 e. The van der Waals surface area contributed by atoms with Gasteiger partial charge in [-0.3, -0.25) is 4.57 Å². The van der Waals surface area contributed by atoms with Gasteiger partial charge in [-0.15, -0.1) is 21.5 Å². The third-order valence-electron chi connectivity index (χ3n) is 4.87. The molecule has 164 valence electrons. The van der Waals surface area contributed by atoms with Gasteiger partial charge in [-0.05, 0) is 6.04 Å². The van der Waals surface area contributed by atoms with Gasteiger partial charge in [0.25, 0.3) is 0 Å². The van der Waals surface area contributed by atoms with E-state index in [1.165, 1.54) is 22.6 Å². The van der Waals surface area contributed by atoms with Crippen LogP contribution in [0.25, 0.3) is 0 Å². The Labute approximate surface area is 206 Å². The van der Waals surface area contributed by atoms with Crippen molar-refractivity contribution in [2.75, 3.05) is 13.2 Å². The Hall–Kier alpha value is -0.913. The van der Waals surface area contributed by atoms with E-state index in [0.29, 0.717) is 28.1 Å². The summed E-state index contributed by atoms with van der Waals surface area (Å²) in [6.45, 7) is 7.74. The smallest absolute Gasteiger partial charge is 0.724 e. The average Bonchev–Trinajstić information content (AvgIpc) is 3.34. The molecule has 1 unspecified atom stereocenters. The summed E-state index contributed by atoms with van der Waals surface area (Å²) >= 11 is 1.25. The Morgan fingerprint density at radius 1 is 1.35 bits per heavy atom. The van der Waals surface area contributed by atoms with Gasteiger partial charge in [-0.2, -0.15) is 9.35 Å². The third-order valence-corrected chi connectivity index (χ3v) is 7.87. The van der Waals surface area contributed by atoms with Crippen molar-refractivity contribution in [2.45, 2.75) is 44.5 Å². The second-order valence-electron chi connectivity index (χ2n) is 8.27. The van der Waals surface area contributed by atoms with E-state index in [1.807, 2.05) is 0 Å². The summed E-state index contributed by atoms with van der Waals surface area (Å²) in [5.74, 6) is 0.439. The first-order chi connectivity index (χ1) is 14.1. The zero-order chi connectivity index (χ0) is 21.7. The van der Waals surface area contributed by atoms with Gasteiger partial charge in [-0.1, -0.05) is 19.6 Å². The van der Waals surface area contributed by atoms with Crippen molar-refractivity contribution in [3.05, 3.63) is 28.2 Å². The van der Waals surface area contributed by atoms with Crippen LogP contribution >= 0.6 is 11.3 Å². The summed E-state index contributed by atoms with van der Waals surface area (Å²) in [7, 11) is -6.34. The molecule has 0 N–H and O–H groups in total. The molecule has 31 heavy (non-hydrogen) atoms. The second-order valence-corrected chi connectivity index (χ2v) is 15.7. The number of aromatic nitrogens is 4. The maximum atomic E-state index is 12.8. The quantitative estimate of drug-likeness (QED) is 0.181. The average molecular weight is 497 g/mol. The van der Waals surface area contributed by atoms with Gasteiger partial charge < -0.3 is 14.2 Å². The monoisotopic (exact) mass is 496 g/mol. The molecule has 2 aromatic rings. The van der Waals surface area contributed by atoms with E-state index < -0.39 is 36.6 Å². The minimum absolute atomic E-state index is 0. The van der Waals surface area contributed by atoms with Crippen LogP contribution in [0, 0.1) is 0 Å². The van der Waals surface area contributed by atoms with Crippen molar-refractivity contribution < 1.29 is 56.3 Å². The molecule has 2 atom stereocenters. The first-order valence-corrected chi connectivity index (χ1v) is 15.1. The summed E-state index contributed by atoms with van der Waals surface area (Å²) < 4.78 is 45.2. The maximum Gasteiger partial charge on any atom is 1.00 e. The molecule has 0 aliphatic carbocycles. The molecule has 2 aliphatic heterocycles. The maximum absolute atomic E-state index is 12.8. The second kappa shape index (κ2) is 9.15. The fourth-order valence-corrected chi connectivity index (χ4v) is 5.44. The zero-order valence-corrected chi connectivity index (χ0v) is 22.2. The van der Waals surface area contributed by atoms with Crippen LogP contribution in [0.4, 0.5) is 4.79 Å². The molecule has 2 aliphatic rings. The van der Waals surface area contributed by atoms with Crippen LogP contribution in [-0.4, -0.2) is 69.9 Å². The summed E-state index contributed by atoms with van der Waals surface area (Å²) in [6.07, 6.45) is 1.51. The van der Waals surface area contributed by atoms with Gasteiger partial charge in [-0.25, -0.2) is 18.2 Å². The number of hydroxylamine groups is 2. The van der Waals surface area contributed by atoms with Crippen LogP contribution in [0.5, 0.6) is 0 Å². The molecule has 2 aromatic heterocycles. The molecule has 12 nitrogen and oxygen atoms in total. The normalized spacial score (nSPS) is 20.7. The standard InChI is InChI=1S/C15H22N6O6S2Si.Na/c1-30(2,3)5-4-26-9-19-7-17-18-14(19)12-11-13(28-8-16-11)10-6-20(12)15(22)21(10)27-29(23,24)25;/h7-8,10,12H,4-6,9H2,1-3H3,(H,23,24,25);/q;+1/p-1/t10?,12-;/m0./s1. The number of nitrogens with zero attached hydrogens (tertiary/aromatic N) is 6. The van der Waals surface area contributed by atoms with Gasteiger partial charge in [0.05, 0.1) is 22.6 Å². The summed E-state index contributed by atoms with van der Waals surface area (Å²) in [4.78, 5) is 19.2. The third kappa shape index (κ3) is 5.20. The molecule has 2 amide bonds. The van der Waals surface area contributed by atoms with Crippen molar-refractivity contribution in [3.8, 4) is 0 Å². The number of fused-ring (bicyclic) bond motifs is 4. The SMILES string of the molecule is C[Si](C)(C)CCOCn1cnnc1[C@@H]1c2ncsc2C2CN1C(=O)N2OS(=O)(=O)[O-].[Na+]. The Morgan fingerprint density at radius 2 is 2.10 bits per heavy atom. The van der Waals surface area contributed by atoms with E-state index >= 15 is 0 Å². The van der Waals surface area contributed by atoms with Crippen LogP contribution in [0.3, 0.4) is 0 Å². The number of carbonyl (C=O) groups is 1. The molecule has 1 fully saturated rings. The molecule has 0 saturated carbocycles. The van der Waals surface area contributed by atoms with Gasteiger partial charge in [0.1, 0.15) is 25.1 Å². The number of hydrogen-bond donors (Lipinski definition) is 0. The van der Waals surface area contributed by atoms with Gasteiger partial charge >= 0.3 is 35.6 Å². The number of rotatable bonds is 8. The molecular formula is C15H21N6NaO6S2Si. The molecule has 0 radical (unpaired) electrons. The fraction of sp³-hybridized carbons (Fsp3) is 0.600. The Kier molecular flexibility index (Phi) is 7.29. The number of hydrogen-bond acceptors (Lipinski definition) is 10. The molecule has 0 aromatic carbocycles. The van der Waals surface area contributed by atoms with Crippen molar-refractivity contribution >= 4 is 35.8 Å². The molecular weight excluding hydrogens is 475 g/mol. The molecule has 4 rings (SSSR count). The molecule has 2 bridgehead atoms. The Bertz CT molecular complexity index is 1060. The molecule has 4 heterocycles. The van der Waals surface area contributed by atoms with Crippen LogP contribution < -0.4 is 29.6 Å². The summed E-state index contributed by atoms with van der Waals surface area (Å²) in [6, 6.07) is -1.17. The van der Waals surface area contributed by atoms with E-state index in [4.69, 9.17) is 4.74 Å². The Balaban J connectivity index is 0.00000272. The predicted molar refractivity (Wildman–Crippen MR) is 106 cm³/mol. The van der Waals surface area contributed by atoms with Gasteiger partial charge in [0, 0.05) is 14.7 Å². The van der Waals surface area contributed by atoms with Crippen molar-refractivity contribution in [1.82, 2.24) is 29.7 Å². The summed E-state index contributed by atoms with van der Waals surface area (Å²) in [5, 5.41) is 8.73. The van der Waals surface area contributed by atoms with Crippen LogP contribution in [0.2, 0.25) is 25.7 Å². The van der Waals surface area contributed by atoms with Crippen LogP contribution in [-0.2, 0) is 26.2 Å². The predicted octanol–water partition coefficient (Wildman–Crippen LogP) is -1.68. The molecule has 16 heteroatoms. The number of amides is 2. The van der Waals surface area contributed by atoms with E-state index in [-0.39, 0.29) is 42.8 Å². The summed E-state index contributed by atoms with van der Waals surface area (Å²) in [5.41, 5.74) is 2.15. The number of carbonyl (C=O) groups excluding carboxylic acids is 1. The number of thiazole rings is 1. The van der Waals surface area contributed by atoms with E-state index in [0.717, 1.165) is 6.04 Å². The number of ether oxygens (including phenoxy) is 1. The minimum atomic E-state index is -5.11. The topological polar surface area (TPSA) is 143 Å². The van der Waals surface area contributed by atoms with Gasteiger partial charge in [0.2, 0.25) is 10.4 Å². The van der Waals surface area contributed by atoms with E-state index in [9.17, 15) is 17.8 Å².